The summed E-state index contributed by atoms with van der Waals surface area (Å²) in [4.78, 5) is 29.7. The van der Waals surface area contributed by atoms with Crippen molar-refractivity contribution in [2.75, 3.05) is 13.7 Å². The number of ether oxygens (including phenoxy) is 1. The van der Waals surface area contributed by atoms with Crippen molar-refractivity contribution < 1.29 is 14.3 Å². The predicted molar refractivity (Wildman–Crippen MR) is 85.1 cm³/mol. The van der Waals surface area contributed by atoms with Crippen molar-refractivity contribution in [3.8, 4) is 0 Å². The number of rotatable bonds is 5. The van der Waals surface area contributed by atoms with Gasteiger partial charge in [0, 0.05) is 16.9 Å². The van der Waals surface area contributed by atoms with Crippen molar-refractivity contribution in [3.05, 3.63) is 50.9 Å². The molecular weight excluding hydrogens is 324 g/mol. The van der Waals surface area contributed by atoms with E-state index in [1.54, 1.807) is 11.4 Å². The van der Waals surface area contributed by atoms with Gasteiger partial charge in [0.1, 0.15) is 12.2 Å². The highest BCUT2D eigenvalue weighted by Gasteiger charge is 2.22. The van der Waals surface area contributed by atoms with Crippen LogP contribution in [0.2, 0.25) is 5.02 Å². The van der Waals surface area contributed by atoms with Gasteiger partial charge >= 0.3 is 5.97 Å². The van der Waals surface area contributed by atoms with Gasteiger partial charge in [-0.1, -0.05) is 29.8 Å². The summed E-state index contributed by atoms with van der Waals surface area (Å²) in [7, 11) is 1.29. The van der Waals surface area contributed by atoms with Gasteiger partial charge in [0.25, 0.3) is 5.91 Å². The smallest absolute Gasteiger partial charge is 0.325 e. The third kappa shape index (κ3) is 4.05. The van der Waals surface area contributed by atoms with Crippen LogP contribution in [-0.2, 0) is 16.1 Å². The average molecular weight is 339 g/mol. The molecule has 0 aliphatic heterocycles. The van der Waals surface area contributed by atoms with Crippen LogP contribution >= 0.6 is 22.9 Å². The highest BCUT2D eigenvalue weighted by atomic mass is 35.5. The van der Waals surface area contributed by atoms with E-state index in [0.717, 1.165) is 10.6 Å². The summed E-state index contributed by atoms with van der Waals surface area (Å²) in [6.45, 7) is 1.88. The van der Waals surface area contributed by atoms with E-state index in [0.29, 0.717) is 10.7 Å². The molecule has 7 heteroatoms. The van der Waals surface area contributed by atoms with Crippen LogP contribution in [0.1, 0.15) is 21.1 Å². The van der Waals surface area contributed by atoms with Gasteiger partial charge in [-0.2, -0.15) is 0 Å². The highest BCUT2D eigenvalue weighted by Crippen LogP contribution is 2.19. The lowest BCUT2D eigenvalue weighted by atomic mass is 10.2. The number of methoxy groups -OCH3 is 1. The SMILES string of the molecule is COC(=O)CN(Cc1ccccc1Cl)C(=O)c1csc(C)n1. The van der Waals surface area contributed by atoms with Crippen molar-refractivity contribution in [1.82, 2.24) is 9.88 Å². The summed E-state index contributed by atoms with van der Waals surface area (Å²) >= 11 is 7.51. The Morgan fingerprint density at radius 1 is 1.36 bits per heavy atom. The normalized spacial score (nSPS) is 10.3. The van der Waals surface area contributed by atoms with Gasteiger partial charge in [-0.05, 0) is 18.6 Å². The lowest BCUT2D eigenvalue weighted by Gasteiger charge is -2.21. The number of esters is 1. The number of aryl methyl sites for hydroxylation is 1. The molecule has 0 spiro atoms. The van der Waals surface area contributed by atoms with E-state index in [9.17, 15) is 9.59 Å². The van der Waals surface area contributed by atoms with Crippen LogP contribution in [0.15, 0.2) is 29.6 Å². The summed E-state index contributed by atoms with van der Waals surface area (Å²) in [6, 6.07) is 7.19. The number of amides is 1. The number of halogens is 1. The molecule has 0 atom stereocenters. The summed E-state index contributed by atoms with van der Waals surface area (Å²) in [5.41, 5.74) is 1.08. The minimum atomic E-state index is -0.493. The molecule has 0 fully saturated rings. The van der Waals surface area contributed by atoms with Crippen LogP contribution < -0.4 is 0 Å². The van der Waals surface area contributed by atoms with Crippen molar-refractivity contribution in [2.24, 2.45) is 0 Å². The first-order chi connectivity index (χ1) is 10.5. The Hall–Kier alpha value is -1.92. The zero-order valence-electron chi connectivity index (χ0n) is 12.2. The molecule has 2 aromatic rings. The second-order valence-electron chi connectivity index (χ2n) is 4.58. The third-order valence-electron chi connectivity index (χ3n) is 2.99. The van der Waals surface area contributed by atoms with Gasteiger partial charge in [-0.25, -0.2) is 4.98 Å². The van der Waals surface area contributed by atoms with E-state index in [1.165, 1.54) is 23.3 Å². The minimum Gasteiger partial charge on any atom is -0.468 e. The van der Waals surface area contributed by atoms with E-state index in [-0.39, 0.29) is 19.0 Å². The molecular formula is C15H15ClN2O3S. The Balaban J connectivity index is 2.24. The summed E-state index contributed by atoms with van der Waals surface area (Å²) in [6.07, 6.45) is 0. The first-order valence-electron chi connectivity index (χ1n) is 6.53. The monoisotopic (exact) mass is 338 g/mol. The van der Waals surface area contributed by atoms with Gasteiger partial charge in [0.15, 0.2) is 0 Å². The van der Waals surface area contributed by atoms with E-state index in [4.69, 9.17) is 11.6 Å². The van der Waals surface area contributed by atoms with Gasteiger partial charge < -0.3 is 9.64 Å². The summed E-state index contributed by atoms with van der Waals surface area (Å²) in [5.74, 6) is -0.818. The highest BCUT2D eigenvalue weighted by molar-refractivity contribution is 7.09. The fourth-order valence-corrected chi connectivity index (χ4v) is 2.66. The second-order valence-corrected chi connectivity index (χ2v) is 6.05. The molecule has 0 N–H and O–H groups in total. The van der Waals surface area contributed by atoms with Crippen LogP contribution in [0.4, 0.5) is 0 Å². The molecule has 0 saturated carbocycles. The van der Waals surface area contributed by atoms with Crippen molar-refractivity contribution in [2.45, 2.75) is 13.5 Å². The lowest BCUT2D eigenvalue weighted by molar-refractivity contribution is -0.141. The molecule has 116 valence electrons. The molecule has 2 rings (SSSR count). The van der Waals surface area contributed by atoms with Gasteiger partial charge in [-0.3, -0.25) is 9.59 Å². The number of hydrogen-bond donors (Lipinski definition) is 0. The molecule has 0 aliphatic carbocycles. The molecule has 1 amide bonds. The maximum atomic E-state index is 12.5. The molecule has 0 unspecified atom stereocenters. The zero-order valence-corrected chi connectivity index (χ0v) is 13.8. The quantitative estimate of drug-likeness (QED) is 0.786. The van der Waals surface area contributed by atoms with Crippen LogP contribution in [0, 0.1) is 6.92 Å². The van der Waals surface area contributed by atoms with Crippen LogP contribution in [0.3, 0.4) is 0 Å². The van der Waals surface area contributed by atoms with E-state index < -0.39 is 5.97 Å². The Kier molecular flexibility index (Phi) is 5.51. The Labute approximate surface area is 137 Å². The Bertz CT molecular complexity index is 687. The topological polar surface area (TPSA) is 59.5 Å². The number of carbonyl (C=O) groups is 2. The first kappa shape index (κ1) is 16.5. The third-order valence-corrected chi connectivity index (χ3v) is 4.13. The number of benzene rings is 1. The van der Waals surface area contributed by atoms with Crippen molar-refractivity contribution in [3.63, 3.8) is 0 Å². The molecule has 1 heterocycles. The van der Waals surface area contributed by atoms with Crippen molar-refractivity contribution >= 4 is 34.8 Å². The van der Waals surface area contributed by atoms with E-state index in [2.05, 4.69) is 9.72 Å². The first-order valence-corrected chi connectivity index (χ1v) is 7.78. The maximum Gasteiger partial charge on any atom is 0.325 e. The molecule has 0 aliphatic rings. The minimum absolute atomic E-state index is 0.156. The molecule has 22 heavy (non-hydrogen) atoms. The van der Waals surface area contributed by atoms with Gasteiger partial charge in [0.2, 0.25) is 0 Å². The lowest BCUT2D eigenvalue weighted by Crippen LogP contribution is -2.36. The molecule has 0 bridgehead atoms. The summed E-state index contributed by atoms with van der Waals surface area (Å²) in [5, 5.41) is 3.01. The number of nitrogens with zero attached hydrogens (tertiary/aromatic N) is 2. The number of thiazole rings is 1. The van der Waals surface area contributed by atoms with Crippen LogP contribution in [0.5, 0.6) is 0 Å². The largest absolute Gasteiger partial charge is 0.468 e. The van der Waals surface area contributed by atoms with E-state index >= 15 is 0 Å². The fraction of sp³-hybridized carbons (Fsp3) is 0.267. The number of hydrogen-bond acceptors (Lipinski definition) is 5. The standard InChI is InChI=1S/C15H15ClN2O3S/c1-10-17-13(9-22-10)15(20)18(8-14(19)21-2)7-11-5-3-4-6-12(11)16/h3-6,9H,7-8H2,1-2H3. The van der Waals surface area contributed by atoms with Crippen LogP contribution in [-0.4, -0.2) is 35.4 Å². The average Bonchev–Trinajstić information content (AvgIpc) is 2.94. The molecule has 5 nitrogen and oxygen atoms in total. The Morgan fingerprint density at radius 2 is 2.09 bits per heavy atom. The zero-order chi connectivity index (χ0) is 16.1. The van der Waals surface area contributed by atoms with Crippen LogP contribution in [0.25, 0.3) is 0 Å². The maximum absolute atomic E-state index is 12.5. The molecule has 0 saturated heterocycles. The van der Waals surface area contributed by atoms with Gasteiger partial charge in [0.05, 0.1) is 12.1 Å². The molecule has 1 aromatic carbocycles. The second kappa shape index (κ2) is 7.38. The summed E-state index contributed by atoms with van der Waals surface area (Å²) < 4.78 is 4.66. The molecule has 1 aromatic heterocycles. The fourth-order valence-electron chi connectivity index (χ4n) is 1.88. The number of aromatic nitrogens is 1. The number of carbonyl (C=O) groups excluding carboxylic acids is 2. The van der Waals surface area contributed by atoms with Gasteiger partial charge in [-0.15, -0.1) is 11.3 Å². The predicted octanol–water partition coefficient (Wildman–Crippen LogP) is 2.92. The van der Waals surface area contributed by atoms with E-state index in [1.807, 2.05) is 25.1 Å². The molecule has 0 radical (unpaired) electrons. The van der Waals surface area contributed by atoms with Crippen molar-refractivity contribution in [1.29, 1.82) is 0 Å². The Morgan fingerprint density at radius 3 is 2.68 bits per heavy atom.